The molecule has 0 saturated heterocycles. The van der Waals surface area contributed by atoms with Crippen molar-refractivity contribution in [2.75, 3.05) is 0 Å². The first-order chi connectivity index (χ1) is 10.7. The maximum Gasteiger partial charge on any atom is 0.250 e. The molecule has 1 aromatic carbocycles. The molecule has 0 saturated carbocycles. The third-order valence-electron chi connectivity index (χ3n) is 3.38. The van der Waals surface area contributed by atoms with Gasteiger partial charge in [-0.2, -0.15) is 4.68 Å². The van der Waals surface area contributed by atoms with Crippen molar-refractivity contribution in [3.8, 4) is 11.4 Å². The molecule has 0 aliphatic carbocycles. The van der Waals surface area contributed by atoms with Crippen LogP contribution in [0.15, 0.2) is 46.9 Å². The van der Waals surface area contributed by atoms with Gasteiger partial charge in [0, 0.05) is 21.9 Å². The van der Waals surface area contributed by atoms with E-state index in [1.165, 1.54) is 9.56 Å². The molecule has 22 heavy (non-hydrogen) atoms. The summed E-state index contributed by atoms with van der Waals surface area (Å²) in [5, 5.41) is 7.81. The zero-order valence-corrected chi connectivity index (χ0v) is 13.7. The lowest BCUT2D eigenvalue weighted by Gasteiger charge is -2.18. The van der Waals surface area contributed by atoms with Crippen molar-refractivity contribution in [1.29, 1.82) is 0 Å². The van der Waals surface area contributed by atoms with E-state index < -0.39 is 0 Å². The van der Waals surface area contributed by atoms with E-state index in [4.69, 9.17) is 11.6 Å². The highest BCUT2D eigenvalue weighted by molar-refractivity contribution is 7.99. The molecule has 0 amide bonds. The monoisotopic (exact) mass is 347 g/mol. The van der Waals surface area contributed by atoms with Crippen LogP contribution in [0.4, 0.5) is 0 Å². The summed E-state index contributed by atoms with van der Waals surface area (Å²) in [5.74, 6) is 0.541. The average Bonchev–Trinajstić information content (AvgIpc) is 3.17. The lowest BCUT2D eigenvalue weighted by molar-refractivity contribution is 0.0868. The van der Waals surface area contributed by atoms with Gasteiger partial charge in [0.1, 0.15) is 0 Å². The second-order valence-electron chi connectivity index (χ2n) is 4.86. The van der Waals surface area contributed by atoms with Gasteiger partial charge in [-0.25, -0.2) is 4.98 Å². The zero-order chi connectivity index (χ0) is 15.1. The Bertz CT molecular complexity index is 827. The van der Waals surface area contributed by atoms with E-state index in [-0.39, 0.29) is 11.2 Å². The van der Waals surface area contributed by atoms with E-state index >= 15 is 0 Å². The van der Waals surface area contributed by atoms with Gasteiger partial charge in [0.15, 0.2) is 11.0 Å². The van der Waals surface area contributed by atoms with Gasteiger partial charge >= 0.3 is 0 Å². The number of fused-ring (bicyclic) bond motifs is 1. The fourth-order valence-electron chi connectivity index (χ4n) is 2.30. The van der Waals surface area contributed by atoms with Gasteiger partial charge in [-0.15, -0.1) is 16.4 Å². The first-order valence-corrected chi connectivity index (χ1v) is 8.81. The summed E-state index contributed by atoms with van der Waals surface area (Å²) in [6.45, 7) is 0. The number of thiophene rings is 1. The normalized spacial score (nSPS) is 17.5. The third kappa shape index (κ3) is 2.47. The molecule has 1 unspecified atom stereocenters. The predicted octanol–water partition coefficient (Wildman–Crippen LogP) is 4.54. The number of rotatable bonds is 2. The van der Waals surface area contributed by atoms with Gasteiger partial charge < -0.3 is 0 Å². The molecule has 110 valence electrons. The Morgan fingerprint density at radius 3 is 2.77 bits per heavy atom. The standard InChI is InChI=1S/C15H10ClN3OS2/c16-10-5-3-9(4-6-10)14-17-15-19(18-14)13(20)8-12(22-15)11-2-1-7-21-11/h1-7,12H,8H2. The number of benzene rings is 1. The Hall–Kier alpha value is -1.63. The highest BCUT2D eigenvalue weighted by atomic mass is 35.5. The van der Waals surface area contributed by atoms with Gasteiger partial charge in [-0.05, 0) is 35.7 Å². The van der Waals surface area contributed by atoms with E-state index in [1.54, 1.807) is 35.2 Å². The van der Waals surface area contributed by atoms with Gasteiger partial charge in [0.2, 0.25) is 0 Å². The van der Waals surface area contributed by atoms with Gasteiger partial charge in [-0.1, -0.05) is 29.4 Å². The fourth-order valence-corrected chi connectivity index (χ4v) is 4.51. The molecule has 0 radical (unpaired) electrons. The van der Waals surface area contributed by atoms with Crippen LogP contribution >= 0.6 is 34.7 Å². The molecule has 1 aliphatic rings. The van der Waals surface area contributed by atoms with Crippen molar-refractivity contribution < 1.29 is 4.79 Å². The summed E-state index contributed by atoms with van der Waals surface area (Å²) in [7, 11) is 0. The van der Waals surface area contributed by atoms with Gasteiger partial charge in [0.25, 0.3) is 5.91 Å². The largest absolute Gasteiger partial charge is 0.272 e. The number of halogens is 1. The van der Waals surface area contributed by atoms with E-state index in [2.05, 4.69) is 16.1 Å². The minimum absolute atomic E-state index is 0.0140. The zero-order valence-electron chi connectivity index (χ0n) is 11.3. The number of aromatic nitrogens is 3. The van der Waals surface area contributed by atoms with Crippen LogP contribution < -0.4 is 0 Å². The quantitative estimate of drug-likeness (QED) is 0.683. The summed E-state index contributed by atoms with van der Waals surface area (Å²) in [6.07, 6.45) is 0.446. The Morgan fingerprint density at radius 1 is 1.23 bits per heavy atom. The molecule has 1 atom stereocenters. The molecule has 0 N–H and O–H groups in total. The minimum atomic E-state index is -0.0140. The number of carbonyl (C=O) groups is 1. The fraction of sp³-hybridized carbons (Fsp3) is 0.133. The minimum Gasteiger partial charge on any atom is -0.272 e. The van der Waals surface area contributed by atoms with Gasteiger partial charge in [0.05, 0.1) is 5.25 Å². The topological polar surface area (TPSA) is 47.8 Å². The number of carbonyl (C=O) groups excluding carboxylic acids is 1. The molecule has 3 heterocycles. The van der Waals surface area contributed by atoms with Crippen LogP contribution in [-0.4, -0.2) is 20.7 Å². The van der Waals surface area contributed by atoms with Crippen molar-refractivity contribution in [3.63, 3.8) is 0 Å². The first-order valence-electron chi connectivity index (χ1n) is 6.67. The molecule has 7 heteroatoms. The summed E-state index contributed by atoms with van der Waals surface area (Å²) in [4.78, 5) is 18.0. The van der Waals surface area contributed by atoms with Crippen LogP contribution in [0.25, 0.3) is 11.4 Å². The SMILES string of the molecule is O=C1CC(c2cccs2)Sc2nc(-c3ccc(Cl)cc3)nn21. The Morgan fingerprint density at radius 2 is 2.05 bits per heavy atom. The molecule has 0 bridgehead atoms. The molecule has 2 aromatic heterocycles. The smallest absolute Gasteiger partial charge is 0.250 e. The summed E-state index contributed by atoms with van der Waals surface area (Å²) >= 11 is 9.15. The molecule has 0 fully saturated rings. The van der Waals surface area contributed by atoms with Crippen LogP contribution in [0.2, 0.25) is 5.02 Å². The number of hydrogen-bond donors (Lipinski definition) is 0. The highest BCUT2D eigenvalue weighted by Gasteiger charge is 2.30. The van der Waals surface area contributed by atoms with Crippen LogP contribution in [0.5, 0.6) is 0 Å². The average molecular weight is 348 g/mol. The summed E-state index contributed by atoms with van der Waals surface area (Å²) in [5.41, 5.74) is 0.854. The van der Waals surface area contributed by atoms with Crippen LogP contribution in [0, 0.1) is 0 Å². The van der Waals surface area contributed by atoms with Crippen molar-refractivity contribution >= 4 is 40.6 Å². The molecule has 4 rings (SSSR count). The summed E-state index contributed by atoms with van der Waals surface area (Å²) in [6, 6.07) is 11.4. The first kappa shape index (κ1) is 14.0. The third-order valence-corrected chi connectivity index (χ3v) is 5.95. The Kier molecular flexibility index (Phi) is 3.52. The lowest BCUT2D eigenvalue weighted by Crippen LogP contribution is -2.20. The van der Waals surface area contributed by atoms with E-state index in [0.29, 0.717) is 22.4 Å². The summed E-state index contributed by atoms with van der Waals surface area (Å²) < 4.78 is 1.42. The van der Waals surface area contributed by atoms with Gasteiger partial charge in [-0.3, -0.25) is 4.79 Å². The molecular weight excluding hydrogens is 338 g/mol. The Labute approximate surface area is 140 Å². The molecular formula is C15H10ClN3OS2. The molecule has 1 aliphatic heterocycles. The van der Waals surface area contributed by atoms with Crippen molar-refractivity contribution in [1.82, 2.24) is 14.8 Å². The maximum absolute atomic E-state index is 12.3. The van der Waals surface area contributed by atoms with Crippen molar-refractivity contribution in [2.45, 2.75) is 16.8 Å². The number of nitrogens with zero attached hydrogens (tertiary/aromatic N) is 3. The Balaban J connectivity index is 1.69. The maximum atomic E-state index is 12.3. The van der Waals surface area contributed by atoms with E-state index in [1.807, 2.05) is 23.6 Å². The second-order valence-corrected chi connectivity index (χ2v) is 7.44. The number of thioether (sulfide) groups is 1. The predicted molar refractivity (Wildman–Crippen MR) is 88.6 cm³/mol. The van der Waals surface area contributed by atoms with E-state index in [0.717, 1.165) is 5.56 Å². The van der Waals surface area contributed by atoms with Crippen LogP contribution in [0.3, 0.4) is 0 Å². The van der Waals surface area contributed by atoms with Crippen molar-refractivity contribution in [3.05, 3.63) is 51.7 Å². The molecule has 0 spiro atoms. The van der Waals surface area contributed by atoms with Crippen molar-refractivity contribution in [2.24, 2.45) is 0 Å². The van der Waals surface area contributed by atoms with E-state index in [9.17, 15) is 4.79 Å². The lowest BCUT2D eigenvalue weighted by atomic mass is 10.2. The molecule has 3 aromatic rings. The highest BCUT2D eigenvalue weighted by Crippen LogP contribution is 2.43. The van der Waals surface area contributed by atoms with Crippen LogP contribution in [-0.2, 0) is 0 Å². The number of hydrogen-bond acceptors (Lipinski definition) is 5. The second kappa shape index (κ2) is 5.53. The van der Waals surface area contributed by atoms with Crippen LogP contribution in [0.1, 0.15) is 21.3 Å². The molecule has 4 nitrogen and oxygen atoms in total.